The van der Waals surface area contributed by atoms with E-state index in [0.717, 1.165) is 6.42 Å². The topological polar surface area (TPSA) is 49.9 Å². The molecule has 2 aliphatic rings. The number of rotatable bonds is 3. The fourth-order valence-electron chi connectivity index (χ4n) is 3.07. The summed E-state index contributed by atoms with van der Waals surface area (Å²) < 4.78 is 19.2. The number of piperazine rings is 1. The molecule has 1 atom stereocenters. The normalized spacial score (nSPS) is 22.7. The first-order valence-corrected chi connectivity index (χ1v) is 7.52. The summed E-state index contributed by atoms with van der Waals surface area (Å²) in [7, 11) is 0. The molecule has 0 aromatic heterocycles. The number of hydrogen-bond acceptors (Lipinski definition) is 5. The summed E-state index contributed by atoms with van der Waals surface area (Å²) in [5.41, 5.74) is 0.896. The number of cyclic esters (lactones) is 1. The summed E-state index contributed by atoms with van der Waals surface area (Å²) in [6, 6.07) is 4.46. The molecule has 0 amide bonds. The van der Waals surface area contributed by atoms with Crippen molar-refractivity contribution in [3.8, 4) is 0 Å². The zero-order valence-electron chi connectivity index (χ0n) is 12.5. The van der Waals surface area contributed by atoms with Crippen LogP contribution >= 0.6 is 0 Å². The molecule has 5 nitrogen and oxygen atoms in total. The van der Waals surface area contributed by atoms with Crippen LogP contribution in [0.3, 0.4) is 0 Å². The van der Waals surface area contributed by atoms with Gasteiger partial charge < -0.3 is 9.64 Å². The van der Waals surface area contributed by atoms with Gasteiger partial charge in [-0.2, -0.15) is 0 Å². The first-order valence-electron chi connectivity index (χ1n) is 7.52. The van der Waals surface area contributed by atoms with E-state index in [2.05, 4.69) is 4.90 Å². The van der Waals surface area contributed by atoms with E-state index in [-0.39, 0.29) is 23.6 Å². The van der Waals surface area contributed by atoms with Gasteiger partial charge in [-0.1, -0.05) is 0 Å². The van der Waals surface area contributed by atoms with Gasteiger partial charge in [0, 0.05) is 38.2 Å². The third kappa shape index (κ3) is 2.83. The van der Waals surface area contributed by atoms with Crippen molar-refractivity contribution >= 4 is 17.4 Å². The van der Waals surface area contributed by atoms with Crippen LogP contribution < -0.4 is 4.90 Å². The summed E-state index contributed by atoms with van der Waals surface area (Å²) in [6.45, 7) is 4.63. The van der Waals surface area contributed by atoms with Gasteiger partial charge in [-0.05, 0) is 25.1 Å². The Balaban J connectivity index is 1.66. The molecule has 0 aliphatic carbocycles. The van der Waals surface area contributed by atoms with Crippen LogP contribution in [0.15, 0.2) is 18.2 Å². The first-order chi connectivity index (χ1) is 10.6. The minimum absolute atomic E-state index is 0.144. The summed E-state index contributed by atoms with van der Waals surface area (Å²) >= 11 is 0. The summed E-state index contributed by atoms with van der Waals surface area (Å²) in [6.07, 6.45) is 0.737. The second-order valence-corrected chi connectivity index (χ2v) is 5.72. The lowest BCUT2D eigenvalue weighted by molar-refractivity contribution is -0.142. The summed E-state index contributed by atoms with van der Waals surface area (Å²) in [5, 5.41) is 0. The Morgan fingerprint density at radius 3 is 2.55 bits per heavy atom. The molecular weight excluding hydrogens is 287 g/mol. The molecule has 0 spiro atoms. The highest BCUT2D eigenvalue weighted by Crippen LogP contribution is 2.24. The number of Topliss-reactive ketones (excluding diaryl/α,β-unsaturated/α-hetero) is 1. The zero-order chi connectivity index (χ0) is 15.7. The average Bonchev–Trinajstić information content (AvgIpc) is 2.93. The highest BCUT2D eigenvalue weighted by molar-refractivity contribution is 5.94. The van der Waals surface area contributed by atoms with Crippen LogP contribution in [0.4, 0.5) is 10.1 Å². The minimum atomic E-state index is -0.374. The third-order valence-corrected chi connectivity index (χ3v) is 4.36. The fraction of sp³-hybridized carbons (Fsp3) is 0.500. The van der Waals surface area contributed by atoms with Gasteiger partial charge in [0.1, 0.15) is 11.9 Å². The highest BCUT2D eigenvalue weighted by Gasteiger charge is 2.34. The third-order valence-electron chi connectivity index (χ3n) is 4.36. The van der Waals surface area contributed by atoms with Crippen molar-refractivity contribution in [1.29, 1.82) is 0 Å². The molecule has 2 heterocycles. The lowest BCUT2D eigenvalue weighted by Crippen LogP contribution is -2.51. The van der Waals surface area contributed by atoms with E-state index in [9.17, 15) is 14.0 Å². The smallest absolute Gasteiger partial charge is 0.323 e. The number of anilines is 1. The molecule has 6 heteroatoms. The molecule has 0 saturated carbocycles. The van der Waals surface area contributed by atoms with Crippen molar-refractivity contribution in [2.45, 2.75) is 19.4 Å². The van der Waals surface area contributed by atoms with Gasteiger partial charge in [0.2, 0.25) is 0 Å². The standard InChI is InChI=1S/C16H19FN2O3/c1-11(20)12-2-3-14(13(17)10-12)18-5-7-19(8-6-18)15-4-9-22-16(15)21/h2-3,10,15H,4-9H2,1H3. The number of ketones is 1. The second kappa shape index (κ2) is 6.04. The van der Waals surface area contributed by atoms with E-state index < -0.39 is 0 Å². The first kappa shape index (κ1) is 15.0. The molecule has 1 aromatic rings. The molecule has 0 bridgehead atoms. The molecule has 118 valence electrons. The number of nitrogens with zero attached hydrogens (tertiary/aromatic N) is 2. The Morgan fingerprint density at radius 2 is 2.00 bits per heavy atom. The van der Waals surface area contributed by atoms with Crippen molar-refractivity contribution < 1.29 is 18.7 Å². The minimum Gasteiger partial charge on any atom is -0.464 e. The van der Waals surface area contributed by atoms with Gasteiger partial charge >= 0.3 is 5.97 Å². The predicted octanol–water partition coefficient (Wildman–Crippen LogP) is 1.47. The van der Waals surface area contributed by atoms with E-state index in [1.54, 1.807) is 12.1 Å². The largest absolute Gasteiger partial charge is 0.464 e. The molecule has 0 radical (unpaired) electrons. The van der Waals surface area contributed by atoms with Crippen LogP contribution in [0.1, 0.15) is 23.7 Å². The number of halogens is 1. The number of hydrogen-bond donors (Lipinski definition) is 0. The van der Waals surface area contributed by atoms with Crippen LogP contribution in [0.25, 0.3) is 0 Å². The molecule has 22 heavy (non-hydrogen) atoms. The monoisotopic (exact) mass is 306 g/mol. The van der Waals surface area contributed by atoms with Crippen molar-refractivity contribution in [2.75, 3.05) is 37.7 Å². The molecule has 2 aliphatic heterocycles. The van der Waals surface area contributed by atoms with Crippen molar-refractivity contribution in [3.05, 3.63) is 29.6 Å². The van der Waals surface area contributed by atoms with E-state index in [1.807, 2.05) is 4.90 Å². The fourth-order valence-corrected chi connectivity index (χ4v) is 3.07. The lowest BCUT2D eigenvalue weighted by atomic mass is 10.1. The molecule has 1 unspecified atom stereocenters. The quantitative estimate of drug-likeness (QED) is 0.625. The number of ether oxygens (including phenoxy) is 1. The van der Waals surface area contributed by atoms with E-state index in [0.29, 0.717) is 44.0 Å². The maximum absolute atomic E-state index is 14.2. The molecule has 2 saturated heterocycles. The van der Waals surface area contributed by atoms with Gasteiger partial charge in [-0.3, -0.25) is 14.5 Å². The van der Waals surface area contributed by atoms with Crippen LogP contribution in [0.5, 0.6) is 0 Å². The Kier molecular flexibility index (Phi) is 4.11. The van der Waals surface area contributed by atoms with Gasteiger partial charge in [-0.25, -0.2) is 4.39 Å². The SMILES string of the molecule is CC(=O)c1ccc(N2CCN(C3CCOC3=O)CC2)c(F)c1. The summed E-state index contributed by atoms with van der Waals surface area (Å²) in [4.78, 5) is 26.9. The van der Waals surface area contributed by atoms with Gasteiger partial charge in [0.05, 0.1) is 12.3 Å². The Hall–Kier alpha value is -1.95. The molecule has 3 rings (SSSR count). The molecule has 2 fully saturated rings. The van der Waals surface area contributed by atoms with Gasteiger partial charge in [-0.15, -0.1) is 0 Å². The van der Waals surface area contributed by atoms with E-state index in [1.165, 1.54) is 13.0 Å². The van der Waals surface area contributed by atoms with Gasteiger partial charge in [0.25, 0.3) is 0 Å². The zero-order valence-corrected chi connectivity index (χ0v) is 12.5. The summed E-state index contributed by atoms with van der Waals surface area (Å²) in [5.74, 6) is -0.665. The Bertz CT molecular complexity index is 597. The number of carbonyl (C=O) groups is 2. The molecule has 0 N–H and O–H groups in total. The van der Waals surface area contributed by atoms with Crippen molar-refractivity contribution in [3.63, 3.8) is 0 Å². The number of esters is 1. The maximum Gasteiger partial charge on any atom is 0.323 e. The van der Waals surface area contributed by atoms with E-state index in [4.69, 9.17) is 4.74 Å². The van der Waals surface area contributed by atoms with Crippen molar-refractivity contribution in [1.82, 2.24) is 4.90 Å². The average molecular weight is 306 g/mol. The molecular formula is C16H19FN2O3. The number of benzene rings is 1. The van der Waals surface area contributed by atoms with Gasteiger partial charge in [0.15, 0.2) is 5.78 Å². The van der Waals surface area contributed by atoms with Crippen LogP contribution in [0.2, 0.25) is 0 Å². The number of carbonyl (C=O) groups excluding carboxylic acids is 2. The van der Waals surface area contributed by atoms with Crippen molar-refractivity contribution in [2.24, 2.45) is 0 Å². The van der Waals surface area contributed by atoms with E-state index >= 15 is 0 Å². The Morgan fingerprint density at radius 1 is 1.27 bits per heavy atom. The maximum atomic E-state index is 14.2. The van der Waals surface area contributed by atoms with Crippen LogP contribution in [-0.4, -0.2) is 55.5 Å². The molecule has 1 aromatic carbocycles. The predicted molar refractivity (Wildman–Crippen MR) is 79.6 cm³/mol. The van der Waals surface area contributed by atoms with Crippen LogP contribution in [-0.2, 0) is 9.53 Å². The second-order valence-electron chi connectivity index (χ2n) is 5.72. The Labute approximate surface area is 128 Å². The van der Waals surface area contributed by atoms with Crippen LogP contribution in [0, 0.1) is 5.82 Å². The highest BCUT2D eigenvalue weighted by atomic mass is 19.1. The lowest BCUT2D eigenvalue weighted by Gasteiger charge is -2.37.